The number of rotatable bonds is 7. The van der Waals surface area contributed by atoms with E-state index in [9.17, 15) is 4.79 Å². The smallest absolute Gasteiger partial charge is 0.274 e. The first-order valence-electron chi connectivity index (χ1n) is 10.4. The van der Waals surface area contributed by atoms with Gasteiger partial charge in [-0.05, 0) is 31.5 Å². The van der Waals surface area contributed by atoms with Crippen LogP contribution < -0.4 is 5.32 Å². The highest BCUT2D eigenvalue weighted by atomic mass is 16.2. The molecule has 3 heterocycles. The lowest BCUT2D eigenvalue weighted by molar-refractivity contribution is 0.0778. The van der Waals surface area contributed by atoms with Crippen LogP contribution in [0.3, 0.4) is 0 Å². The molecule has 7 nitrogen and oxygen atoms in total. The number of carbonyl (C=O) groups excluding carboxylic acids is 1. The van der Waals surface area contributed by atoms with Crippen LogP contribution in [0.15, 0.2) is 60.9 Å². The predicted octanol–water partition coefficient (Wildman–Crippen LogP) is 3.50. The minimum absolute atomic E-state index is 0.0884. The van der Waals surface area contributed by atoms with Gasteiger partial charge in [0.25, 0.3) is 5.91 Å². The molecule has 0 aliphatic carbocycles. The SMILES string of the molecule is Cc1nn(C)cc1[C@@H](C)NCc1c(C(=O)N(C)Cc2ccccc2)nc2ccccn12. The molecule has 3 aromatic heterocycles. The van der Waals surface area contributed by atoms with E-state index in [2.05, 4.69) is 22.3 Å². The highest BCUT2D eigenvalue weighted by Gasteiger charge is 2.23. The molecule has 160 valence electrons. The number of hydrogen-bond acceptors (Lipinski definition) is 4. The number of hydrogen-bond donors (Lipinski definition) is 1. The highest BCUT2D eigenvalue weighted by molar-refractivity contribution is 5.94. The summed E-state index contributed by atoms with van der Waals surface area (Å²) >= 11 is 0. The first kappa shape index (κ1) is 20.8. The third-order valence-electron chi connectivity index (χ3n) is 5.53. The average molecular weight is 417 g/mol. The van der Waals surface area contributed by atoms with Gasteiger partial charge >= 0.3 is 0 Å². The average Bonchev–Trinajstić information content (AvgIpc) is 3.31. The maximum absolute atomic E-state index is 13.3. The second kappa shape index (κ2) is 8.73. The van der Waals surface area contributed by atoms with Crippen LogP contribution in [0.2, 0.25) is 0 Å². The normalized spacial score (nSPS) is 12.3. The van der Waals surface area contributed by atoms with E-state index >= 15 is 0 Å². The molecule has 0 bridgehead atoms. The molecule has 1 aromatic carbocycles. The summed E-state index contributed by atoms with van der Waals surface area (Å²) in [6, 6.07) is 15.9. The topological polar surface area (TPSA) is 67.5 Å². The maximum atomic E-state index is 13.3. The number of nitrogens with one attached hydrogen (secondary N) is 1. The molecule has 0 aliphatic rings. The minimum Gasteiger partial charge on any atom is -0.336 e. The van der Waals surface area contributed by atoms with Gasteiger partial charge in [0, 0.05) is 51.2 Å². The van der Waals surface area contributed by atoms with Crippen LogP contribution in [-0.2, 0) is 20.1 Å². The Kier molecular flexibility index (Phi) is 5.86. The minimum atomic E-state index is -0.0884. The number of fused-ring (bicyclic) bond motifs is 1. The van der Waals surface area contributed by atoms with Crippen molar-refractivity contribution in [2.45, 2.75) is 33.0 Å². The fourth-order valence-corrected chi connectivity index (χ4v) is 3.90. The molecule has 7 heteroatoms. The zero-order valence-electron chi connectivity index (χ0n) is 18.4. The molecule has 1 atom stereocenters. The number of carbonyl (C=O) groups is 1. The first-order chi connectivity index (χ1) is 14.9. The van der Waals surface area contributed by atoms with Gasteiger partial charge in [0.2, 0.25) is 0 Å². The van der Waals surface area contributed by atoms with E-state index in [-0.39, 0.29) is 11.9 Å². The van der Waals surface area contributed by atoms with Crippen LogP contribution in [0.4, 0.5) is 0 Å². The van der Waals surface area contributed by atoms with Crippen molar-refractivity contribution in [3.05, 3.63) is 89.1 Å². The molecule has 4 rings (SSSR count). The van der Waals surface area contributed by atoms with Crippen molar-refractivity contribution in [2.75, 3.05) is 7.05 Å². The van der Waals surface area contributed by atoms with Gasteiger partial charge in [-0.1, -0.05) is 36.4 Å². The lowest BCUT2D eigenvalue weighted by atomic mass is 10.1. The predicted molar refractivity (Wildman–Crippen MR) is 121 cm³/mol. The van der Waals surface area contributed by atoms with Crippen molar-refractivity contribution in [3.8, 4) is 0 Å². The van der Waals surface area contributed by atoms with E-state index in [0.29, 0.717) is 18.8 Å². The van der Waals surface area contributed by atoms with Crippen molar-refractivity contribution < 1.29 is 4.79 Å². The zero-order chi connectivity index (χ0) is 22.0. The van der Waals surface area contributed by atoms with Crippen molar-refractivity contribution in [3.63, 3.8) is 0 Å². The van der Waals surface area contributed by atoms with Gasteiger partial charge in [0.1, 0.15) is 5.65 Å². The summed E-state index contributed by atoms with van der Waals surface area (Å²) < 4.78 is 3.81. The molecular weight excluding hydrogens is 388 g/mol. The van der Waals surface area contributed by atoms with E-state index in [1.54, 1.807) is 4.90 Å². The molecule has 0 unspecified atom stereocenters. The molecule has 0 aliphatic heterocycles. The molecule has 4 aromatic rings. The van der Waals surface area contributed by atoms with Crippen LogP contribution in [0.1, 0.15) is 46.0 Å². The first-order valence-corrected chi connectivity index (χ1v) is 10.4. The Labute approximate surface area is 182 Å². The van der Waals surface area contributed by atoms with Crippen molar-refractivity contribution in [2.24, 2.45) is 7.05 Å². The van der Waals surface area contributed by atoms with Gasteiger partial charge < -0.3 is 14.6 Å². The number of aromatic nitrogens is 4. The van der Waals surface area contributed by atoms with Gasteiger partial charge in [-0.25, -0.2) is 4.98 Å². The number of imidazole rings is 1. The van der Waals surface area contributed by atoms with E-state index in [0.717, 1.165) is 28.2 Å². The molecule has 0 spiro atoms. The second-order valence-corrected chi connectivity index (χ2v) is 7.93. The number of nitrogens with zero attached hydrogens (tertiary/aromatic N) is 5. The fraction of sp³-hybridized carbons (Fsp3) is 0.292. The zero-order valence-corrected chi connectivity index (χ0v) is 18.4. The summed E-state index contributed by atoms with van der Waals surface area (Å²) in [5.41, 5.74) is 5.33. The molecule has 0 radical (unpaired) electrons. The van der Waals surface area contributed by atoms with Crippen LogP contribution in [0, 0.1) is 6.92 Å². The van der Waals surface area contributed by atoms with Crippen LogP contribution in [-0.4, -0.2) is 37.0 Å². The van der Waals surface area contributed by atoms with Crippen LogP contribution in [0.25, 0.3) is 5.65 Å². The van der Waals surface area contributed by atoms with Crippen LogP contribution >= 0.6 is 0 Å². The summed E-state index contributed by atoms with van der Waals surface area (Å²) in [5, 5.41) is 7.98. The standard InChI is InChI=1S/C24H28N6O/c1-17(20-16-29(4)27-18(20)2)25-14-21-23(26-22-12-8-9-13-30(21)22)24(31)28(3)15-19-10-6-5-7-11-19/h5-13,16-17,25H,14-15H2,1-4H3/t17-/m1/s1. The number of aryl methyl sites for hydroxylation is 2. The third-order valence-corrected chi connectivity index (χ3v) is 5.53. The van der Waals surface area contributed by atoms with E-state index in [1.807, 2.05) is 91.0 Å². The summed E-state index contributed by atoms with van der Waals surface area (Å²) in [7, 11) is 3.74. The Hall–Kier alpha value is -3.45. The van der Waals surface area contributed by atoms with Crippen molar-refractivity contribution >= 4 is 11.6 Å². The number of benzene rings is 1. The molecule has 0 saturated heterocycles. The lowest BCUT2D eigenvalue weighted by Gasteiger charge is -2.18. The van der Waals surface area contributed by atoms with E-state index in [1.165, 1.54) is 0 Å². The van der Waals surface area contributed by atoms with Gasteiger partial charge in [0.15, 0.2) is 5.69 Å². The van der Waals surface area contributed by atoms with Crippen molar-refractivity contribution in [1.29, 1.82) is 0 Å². The summed E-state index contributed by atoms with van der Waals surface area (Å²) in [6.07, 6.45) is 3.98. The second-order valence-electron chi connectivity index (χ2n) is 7.93. The number of amides is 1. The van der Waals surface area contributed by atoms with Gasteiger partial charge in [-0.2, -0.15) is 5.10 Å². The molecule has 1 amide bonds. The Morgan fingerprint density at radius 3 is 2.61 bits per heavy atom. The largest absolute Gasteiger partial charge is 0.336 e. The molecule has 1 N–H and O–H groups in total. The van der Waals surface area contributed by atoms with Gasteiger partial charge in [0.05, 0.1) is 11.4 Å². The highest BCUT2D eigenvalue weighted by Crippen LogP contribution is 2.19. The van der Waals surface area contributed by atoms with Crippen molar-refractivity contribution in [1.82, 2.24) is 29.4 Å². The Morgan fingerprint density at radius 1 is 1.16 bits per heavy atom. The molecule has 0 saturated carbocycles. The Balaban J connectivity index is 1.59. The quantitative estimate of drug-likeness (QED) is 0.501. The van der Waals surface area contributed by atoms with E-state index in [4.69, 9.17) is 0 Å². The summed E-state index contributed by atoms with van der Waals surface area (Å²) in [5.74, 6) is -0.0884. The lowest BCUT2D eigenvalue weighted by Crippen LogP contribution is -2.29. The monoisotopic (exact) mass is 416 g/mol. The molecule has 31 heavy (non-hydrogen) atoms. The van der Waals surface area contributed by atoms with Crippen LogP contribution in [0.5, 0.6) is 0 Å². The van der Waals surface area contributed by atoms with E-state index < -0.39 is 0 Å². The Morgan fingerprint density at radius 2 is 1.90 bits per heavy atom. The van der Waals surface area contributed by atoms with Gasteiger partial charge in [-0.3, -0.25) is 9.48 Å². The summed E-state index contributed by atoms with van der Waals surface area (Å²) in [6.45, 7) is 5.16. The fourth-order valence-electron chi connectivity index (χ4n) is 3.90. The Bertz CT molecular complexity index is 1190. The number of pyridine rings is 1. The molecular formula is C24H28N6O. The summed E-state index contributed by atoms with van der Waals surface area (Å²) in [4.78, 5) is 19.7. The maximum Gasteiger partial charge on any atom is 0.274 e. The van der Waals surface area contributed by atoms with Gasteiger partial charge in [-0.15, -0.1) is 0 Å². The molecule has 0 fully saturated rings. The third kappa shape index (κ3) is 4.36.